The number of aromatic nitrogens is 1. The van der Waals surface area contributed by atoms with Crippen molar-refractivity contribution in [2.24, 2.45) is 0 Å². The van der Waals surface area contributed by atoms with Gasteiger partial charge in [0, 0.05) is 17.9 Å². The number of carbonyl (C=O) groups excluding carboxylic acids is 1. The van der Waals surface area contributed by atoms with Crippen molar-refractivity contribution in [2.75, 3.05) is 16.8 Å². The molecular weight excluding hydrogens is 340 g/mol. The van der Waals surface area contributed by atoms with E-state index in [4.69, 9.17) is 5.26 Å². The zero-order valence-corrected chi connectivity index (χ0v) is 14.1. The molecule has 2 N–H and O–H groups in total. The highest BCUT2D eigenvalue weighted by atomic mass is 32.2. The average Bonchev–Trinajstić information content (AvgIpc) is 2.94. The van der Waals surface area contributed by atoms with E-state index in [1.807, 2.05) is 6.07 Å². The predicted octanol–water partition coefficient (Wildman–Crippen LogP) is 1.61. The van der Waals surface area contributed by atoms with Crippen molar-refractivity contribution in [1.82, 2.24) is 10.3 Å². The fraction of sp³-hybridized carbons (Fsp3) is 0.235. The summed E-state index contributed by atoms with van der Waals surface area (Å²) >= 11 is 0. The van der Waals surface area contributed by atoms with Gasteiger partial charge in [-0.15, -0.1) is 0 Å². The van der Waals surface area contributed by atoms with Crippen LogP contribution in [0.1, 0.15) is 22.3 Å². The van der Waals surface area contributed by atoms with Gasteiger partial charge in [0.1, 0.15) is 5.82 Å². The first-order chi connectivity index (χ1) is 11.9. The lowest BCUT2D eigenvalue weighted by molar-refractivity contribution is 0.0941. The van der Waals surface area contributed by atoms with Crippen molar-refractivity contribution in [3.05, 3.63) is 53.7 Å². The van der Waals surface area contributed by atoms with E-state index in [1.54, 1.807) is 30.3 Å². The van der Waals surface area contributed by atoms with E-state index in [0.29, 0.717) is 23.4 Å². The summed E-state index contributed by atoms with van der Waals surface area (Å²) in [6, 6.07) is 12.0. The fourth-order valence-corrected chi connectivity index (χ4v) is 4.27. The lowest BCUT2D eigenvalue weighted by atomic mass is 10.2. The Morgan fingerprint density at radius 3 is 2.76 bits per heavy atom. The third kappa shape index (κ3) is 4.33. The van der Waals surface area contributed by atoms with Gasteiger partial charge in [-0.2, -0.15) is 5.26 Å². The van der Waals surface area contributed by atoms with Gasteiger partial charge < -0.3 is 10.6 Å². The summed E-state index contributed by atoms with van der Waals surface area (Å²) in [5.41, 5.74) is 1.62. The highest BCUT2D eigenvalue weighted by molar-refractivity contribution is 7.91. The summed E-state index contributed by atoms with van der Waals surface area (Å²) in [6.07, 6.45) is 1.87. The molecule has 1 unspecified atom stereocenters. The Bertz CT molecular complexity index is 933. The van der Waals surface area contributed by atoms with Gasteiger partial charge in [-0.05, 0) is 36.8 Å². The quantitative estimate of drug-likeness (QED) is 0.861. The maximum Gasteiger partial charge on any atom is 0.253 e. The van der Waals surface area contributed by atoms with Crippen LogP contribution in [0, 0.1) is 11.3 Å². The minimum absolute atomic E-state index is 0.0129. The molecule has 1 fully saturated rings. The molecule has 2 aromatic rings. The first-order valence-corrected chi connectivity index (χ1v) is 9.52. The molecule has 1 aromatic carbocycles. The molecule has 1 aromatic heterocycles. The third-order valence-electron chi connectivity index (χ3n) is 3.86. The summed E-state index contributed by atoms with van der Waals surface area (Å²) in [6.45, 7) is 0. The van der Waals surface area contributed by atoms with Crippen LogP contribution in [0.3, 0.4) is 0 Å². The van der Waals surface area contributed by atoms with E-state index in [0.717, 1.165) is 5.69 Å². The number of hydrogen-bond donors (Lipinski definition) is 2. The van der Waals surface area contributed by atoms with Crippen molar-refractivity contribution < 1.29 is 13.2 Å². The Labute approximate surface area is 145 Å². The molecule has 0 saturated carbocycles. The molecule has 8 heteroatoms. The van der Waals surface area contributed by atoms with Crippen LogP contribution < -0.4 is 10.6 Å². The van der Waals surface area contributed by atoms with Crippen LogP contribution in [-0.4, -0.2) is 36.9 Å². The number of anilines is 2. The first-order valence-electron chi connectivity index (χ1n) is 7.70. The Morgan fingerprint density at radius 1 is 1.28 bits per heavy atom. The molecule has 3 rings (SSSR count). The van der Waals surface area contributed by atoms with Crippen molar-refractivity contribution >= 4 is 27.2 Å². The molecule has 0 aliphatic carbocycles. The molecule has 1 aliphatic rings. The third-order valence-corrected chi connectivity index (χ3v) is 5.63. The summed E-state index contributed by atoms with van der Waals surface area (Å²) in [7, 11) is -3.03. The Balaban J connectivity index is 1.63. The zero-order chi connectivity index (χ0) is 17.9. The van der Waals surface area contributed by atoms with Gasteiger partial charge in [-0.25, -0.2) is 13.4 Å². The van der Waals surface area contributed by atoms with Crippen molar-refractivity contribution in [1.29, 1.82) is 5.26 Å². The van der Waals surface area contributed by atoms with E-state index in [1.165, 1.54) is 6.20 Å². The molecule has 128 valence electrons. The van der Waals surface area contributed by atoms with Gasteiger partial charge in [-0.3, -0.25) is 4.79 Å². The molecule has 2 heterocycles. The largest absolute Gasteiger partial charge is 0.348 e. The Morgan fingerprint density at radius 2 is 2.12 bits per heavy atom. The number of carbonyl (C=O) groups is 1. The number of nitrogens with one attached hydrogen (secondary N) is 2. The number of nitriles is 1. The molecule has 1 amide bonds. The normalized spacial score (nSPS) is 18.3. The maximum atomic E-state index is 12.2. The topological polar surface area (TPSA) is 112 Å². The molecule has 7 nitrogen and oxygen atoms in total. The number of pyridine rings is 1. The van der Waals surface area contributed by atoms with Gasteiger partial charge in [-0.1, -0.05) is 6.07 Å². The van der Waals surface area contributed by atoms with Gasteiger partial charge in [0.05, 0.1) is 28.7 Å². The summed E-state index contributed by atoms with van der Waals surface area (Å²) < 4.78 is 22.9. The van der Waals surface area contributed by atoms with Crippen molar-refractivity contribution in [3.63, 3.8) is 0 Å². The van der Waals surface area contributed by atoms with Crippen LogP contribution in [0.15, 0.2) is 42.6 Å². The van der Waals surface area contributed by atoms with Crippen LogP contribution in [-0.2, 0) is 9.84 Å². The minimum atomic E-state index is -3.03. The number of rotatable bonds is 4. The van der Waals surface area contributed by atoms with E-state index >= 15 is 0 Å². The number of benzene rings is 1. The summed E-state index contributed by atoms with van der Waals surface area (Å²) in [5.74, 6) is 0.296. The highest BCUT2D eigenvalue weighted by Gasteiger charge is 2.29. The van der Waals surface area contributed by atoms with Crippen LogP contribution in [0.4, 0.5) is 11.5 Å². The average molecular weight is 356 g/mol. The zero-order valence-electron chi connectivity index (χ0n) is 13.3. The second kappa shape index (κ2) is 6.91. The molecule has 0 spiro atoms. The summed E-state index contributed by atoms with van der Waals surface area (Å²) in [4.78, 5) is 16.3. The minimum Gasteiger partial charge on any atom is -0.348 e. The predicted molar refractivity (Wildman–Crippen MR) is 93.2 cm³/mol. The van der Waals surface area contributed by atoms with Gasteiger partial charge in [0.15, 0.2) is 9.84 Å². The number of sulfone groups is 1. The lowest BCUT2D eigenvalue weighted by Crippen LogP contribution is -2.35. The monoisotopic (exact) mass is 356 g/mol. The SMILES string of the molecule is N#Cc1cccc(Nc2ccc(C(=O)NC3CCS(=O)(=O)C3)cn2)c1. The van der Waals surface area contributed by atoms with Crippen LogP contribution in [0.5, 0.6) is 0 Å². The first kappa shape index (κ1) is 16.9. The van der Waals surface area contributed by atoms with Crippen LogP contribution >= 0.6 is 0 Å². The molecular formula is C17H16N4O3S. The van der Waals surface area contributed by atoms with Gasteiger partial charge >= 0.3 is 0 Å². The van der Waals surface area contributed by atoms with Gasteiger partial charge in [0.25, 0.3) is 5.91 Å². The fourth-order valence-electron chi connectivity index (χ4n) is 2.59. The maximum absolute atomic E-state index is 12.2. The molecule has 0 bridgehead atoms. The lowest BCUT2D eigenvalue weighted by Gasteiger charge is -2.11. The standard InChI is InChI=1S/C17H16N4O3S/c18-9-12-2-1-3-14(8-12)20-16-5-4-13(10-19-16)17(22)21-15-6-7-25(23,24)11-15/h1-5,8,10,15H,6-7,11H2,(H,19,20)(H,21,22). The number of nitrogens with zero attached hydrogens (tertiary/aromatic N) is 2. The number of hydrogen-bond acceptors (Lipinski definition) is 6. The van der Waals surface area contributed by atoms with E-state index < -0.39 is 9.84 Å². The van der Waals surface area contributed by atoms with Crippen molar-refractivity contribution in [2.45, 2.75) is 12.5 Å². The molecule has 0 radical (unpaired) electrons. The number of amides is 1. The van der Waals surface area contributed by atoms with E-state index in [2.05, 4.69) is 21.7 Å². The molecule has 25 heavy (non-hydrogen) atoms. The second-order valence-electron chi connectivity index (χ2n) is 5.82. The Hall–Kier alpha value is -2.92. The summed E-state index contributed by atoms with van der Waals surface area (Å²) in [5, 5.41) is 14.7. The smallest absolute Gasteiger partial charge is 0.253 e. The van der Waals surface area contributed by atoms with Crippen LogP contribution in [0.25, 0.3) is 0 Å². The van der Waals surface area contributed by atoms with E-state index in [-0.39, 0.29) is 23.5 Å². The highest BCUT2D eigenvalue weighted by Crippen LogP contribution is 2.16. The Kier molecular flexibility index (Phi) is 4.67. The molecule has 1 atom stereocenters. The van der Waals surface area contributed by atoms with E-state index in [9.17, 15) is 13.2 Å². The van der Waals surface area contributed by atoms with Gasteiger partial charge in [0.2, 0.25) is 0 Å². The van der Waals surface area contributed by atoms with Crippen molar-refractivity contribution in [3.8, 4) is 6.07 Å². The molecule has 1 aliphatic heterocycles. The van der Waals surface area contributed by atoms with Crippen LogP contribution in [0.2, 0.25) is 0 Å². The molecule has 1 saturated heterocycles. The second-order valence-corrected chi connectivity index (χ2v) is 8.05.